The molecule has 1 aromatic rings. The summed E-state index contributed by atoms with van der Waals surface area (Å²) in [6.45, 7) is 3.21. The number of guanidine groups is 1. The highest BCUT2D eigenvalue weighted by Crippen LogP contribution is 2.18. The van der Waals surface area contributed by atoms with E-state index in [4.69, 9.17) is 0 Å². The van der Waals surface area contributed by atoms with Gasteiger partial charge in [0.2, 0.25) is 0 Å². The third kappa shape index (κ3) is 4.92. The second-order valence-electron chi connectivity index (χ2n) is 5.46. The van der Waals surface area contributed by atoms with Crippen LogP contribution in [0.1, 0.15) is 44.6 Å². The highest BCUT2D eigenvalue weighted by Gasteiger charge is 2.14. The average molecular weight is 293 g/mol. The molecule has 0 heterocycles. The Kier molecular flexibility index (Phi) is 5.84. The number of nitrogens with zero attached hydrogens (tertiary/aromatic N) is 1. The molecular formula is C16H24FN3O. The van der Waals surface area contributed by atoms with E-state index in [0.29, 0.717) is 12.6 Å². The van der Waals surface area contributed by atoms with E-state index in [9.17, 15) is 9.50 Å². The van der Waals surface area contributed by atoms with Crippen molar-refractivity contribution in [3.63, 3.8) is 0 Å². The lowest BCUT2D eigenvalue weighted by Crippen LogP contribution is -2.44. The molecule has 0 radical (unpaired) electrons. The minimum absolute atomic E-state index is 0.324. The SMILES string of the molecule is CCNC(=NCc1ccc(O)c(F)c1)NC1CCCCC1. The van der Waals surface area contributed by atoms with Gasteiger partial charge in [-0.3, -0.25) is 0 Å². The number of aliphatic imine (C=N–C) groups is 1. The molecule has 0 saturated heterocycles. The van der Waals surface area contributed by atoms with Gasteiger partial charge in [-0.25, -0.2) is 9.38 Å². The summed E-state index contributed by atoms with van der Waals surface area (Å²) in [5, 5.41) is 15.9. The number of hydrogen-bond acceptors (Lipinski definition) is 2. The summed E-state index contributed by atoms with van der Waals surface area (Å²) < 4.78 is 13.3. The van der Waals surface area contributed by atoms with Crippen molar-refractivity contribution >= 4 is 5.96 Å². The van der Waals surface area contributed by atoms with E-state index in [1.54, 1.807) is 6.07 Å². The second kappa shape index (κ2) is 7.86. The Balaban J connectivity index is 1.97. The second-order valence-corrected chi connectivity index (χ2v) is 5.46. The van der Waals surface area contributed by atoms with E-state index in [-0.39, 0.29) is 5.75 Å². The Morgan fingerprint density at radius 3 is 2.76 bits per heavy atom. The van der Waals surface area contributed by atoms with Crippen LogP contribution in [0.4, 0.5) is 4.39 Å². The van der Waals surface area contributed by atoms with Crippen molar-refractivity contribution < 1.29 is 9.50 Å². The molecule has 1 aromatic carbocycles. The van der Waals surface area contributed by atoms with Crippen molar-refractivity contribution in [3.8, 4) is 5.75 Å². The summed E-state index contributed by atoms with van der Waals surface area (Å²) in [4.78, 5) is 4.49. The Hall–Kier alpha value is -1.78. The summed E-state index contributed by atoms with van der Waals surface area (Å²) in [6.07, 6.45) is 6.20. The van der Waals surface area contributed by atoms with E-state index in [2.05, 4.69) is 15.6 Å². The maximum absolute atomic E-state index is 13.3. The summed E-state index contributed by atoms with van der Waals surface area (Å²) in [6, 6.07) is 4.85. The van der Waals surface area contributed by atoms with Gasteiger partial charge >= 0.3 is 0 Å². The minimum Gasteiger partial charge on any atom is -0.505 e. The first kappa shape index (κ1) is 15.6. The number of phenolic OH excluding ortho intramolecular Hbond substituents is 1. The number of rotatable bonds is 4. The van der Waals surface area contributed by atoms with Crippen molar-refractivity contribution in [2.75, 3.05) is 6.54 Å². The fourth-order valence-corrected chi connectivity index (χ4v) is 2.58. The quantitative estimate of drug-likeness (QED) is 0.591. The van der Waals surface area contributed by atoms with Crippen molar-refractivity contribution in [1.29, 1.82) is 0 Å². The molecule has 1 fully saturated rings. The van der Waals surface area contributed by atoms with Gasteiger partial charge in [-0.2, -0.15) is 0 Å². The van der Waals surface area contributed by atoms with Gasteiger partial charge in [0.15, 0.2) is 17.5 Å². The third-order valence-corrected chi connectivity index (χ3v) is 3.72. The van der Waals surface area contributed by atoms with Crippen LogP contribution in [0.25, 0.3) is 0 Å². The zero-order valence-electron chi connectivity index (χ0n) is 12.5. The van der Waals surface area contributed by atoms with Gasteiger partial charge in [-0.1, -0.05) is 25.3 Å². The molecule has 5 heteroatoms. The lowest BCUT2D eigenvalue weighted by Gasteiger charge is -2.24. The topological polar surface area (TPSA) is 56.7 Å². The van der Waals surface area contributed by atoms with Crippen molar-refractivity contribution in [1.82, 2.24) is 10.6 Å². The van der Waals surface area contributed by atoms with E-state index < -0.39 is 5.82 Å². The van der Waals surface area contributed by atoms with Gasteiger partial charge in [0.05, 0.1) is 6.54 Å². The largest absolute Gasteiger partial charge is 0.505 e. The molecule has 0 atom stereocenters. The Bertz CT molecular complexity index is 484. The molecule has 4 nitrogen and oxygen atoms in total. The van der Waals surface area contributed by atoms with Crippen molar-refractivity contribution in [3.05, 3.63) is 29.6 Å². The molecule has 3 N–H and O–H groups in total. The molecule has 0 aromatic heterocycles. The van der Waals surface area contributed by atoms with Crippen LogP contribution in [0.5, 0.6) is 5.75 Å². The maximum atomic E-state index is 13.3. The van der Waals surface area contributed by atoms with E-state index in [0.717, 1.165) is 18.1 Å². The molecule has 0 spiro atoms. The Morgan fingerprint density at radius 1 is 1.33 bits per heavy atom. The van der Waals surface area contributed by atoms with Gasteiger partial charge in [0.25, 0.3) is 0 Å². The van der Waals surface area contributed by atoms with Gasteiger partial charge in [0.1, 0.15) is 0 Å². The monoisotopic (exact) mass is 293 g/mol. The number of phenols is 1. The highest BCUT2D eigenvalue weighted by atomic mass is 19.1. The van der Waals surface area contributed by atoms with Crippen LogP contribution >= 0.6 is 0 Å². The zero-order chi connectivity index (χ0) is 15.1. The molecule has 1 aliphatic carbocycles. The first-order chi connectivity index (χ1) is 10.2. The predicted octanol–water partition coefficient (Wildman–Crippen LogP) is 2.92. The Morgan fingerprint density at radius 2 is 2.10 bits per heavy atom. The summed E-state index contributed by atoms with van der Waals surface area (Å²) in [5.41, 5.74) is 0.742. The van der Waals surface area contributed by atoms with E-state index in [1.807, 2.05) is 6.92 Å². The number of benzene rings is 1. The normalized spacial score (nSPS) is 16.8. The third-order valence-electron chi connectivity index (χ3n) is 3.72. The molecule has 21 heavy (non-hydrogen) atoms. The predicted molar refractivity (Wildman–Crippen MR) is 82.9 cm³/mol. The summed E-state index contributed by atoms with van der Waals surface area (Å²) in [7, 11) is 0. The Labute approximate surface area is 125 Å². The van der Waals surface area contributed by atoms with Crippen LogP contribution in [-0.2, 0) is 6.54 Å². The molecule has 1 saturated carbocycles. The fraction of sp³-hybridized carbons (Fsp3) is 0.562. The molecular weight excluding hydrogens is 269 g/mol. The molecule has 0 aliphatic heterocycles. The minimum atomic E-state index is -0.604. The number of hydrogen-bond donors (Lipinski definition) is 3. The summed E-state index contributed by atoms with van der Waals surface area (Å²) in [5.74, 6) is -0.152. The first-order valence-electron chi connectivity index (χ1n) is 7.71. The average Bonchev–Trinajstić information content (AvgIpc) is 2.49. The number of nitrogens with one attached hydrogen (secondary N) is 2. The lowest BCUT2D eigenvalue weighted by atomic mass is 9.96. The van der Waals surface area contributed by atoms with Gasteiger partial charge < -0.3 is 15.7 Å². The molecule has 116 valence electrons. The smallest absolute Gasteiger partial charge is 0.191 e. The van der Waals surface area contributed by atoms with Gasteiger partial charge in [-0.05, 0) is 37.5 Å². The maximum Gasteiger partial charge on any atom is 0.191 e. The van der Waals surface area contributed by atoms with Crippen LogP contribution in [0.2, 0.25) is 0 Å². The van der Waals surface area contributed by atoms with Crippen LogP contribution < -0.4 is 10.6 Å². The van der Waals surface area contributed by atoms with Crippen LogP contribution in [0.3, 0.4) is 0 Å². The number of halogens is 1. The number of aromatic hydroxyl groups is 1. The summed E-state index contributed by atoms with van der Waals surface area (Å²) >= 11 is 0. The van der Waals surface area contributed by atoms with Crippen LogP contribution in [-0.4, -0.2) is 23.7 Å². The van der Waals surface area contributed by atoms with Gasteiger partial charge in [-0.15, -0.1) is 0 Å². The van der Waals surface area contributed by atoms with E-state index >= 15 is 0 Å². The molecule has 0 bridgehead atoms. The fourth-order valence-electron chi connectivity index (χ4n) is 2.58. The molecule has 0 unspecified atom stereocenters. The lowest BCUT2D eigenvalue weighted by molar-refractivity contribution is 0.410. The molecule has 1 aliphatic rings. The van der Waals surface area contributed by atoms with E-state index in [1.165, 1.54) is 44.2 Å². The molecule has 0 amide bonds. The highest BCUT2D eigenvalue weighted by molar-refractivity contribution is 5.80. The first-order valence-corrected chi connectivity index (χ1v) is 7.71. The van der Waals surface area contributed by atoms with Crippen molar-refractivity contribution in [2.24, 2.45) is 4.99 Å². The molecule has 2 rings (SSSR count). The van der Waals surface area contributed by atoms with Crippen molar-refractivity contribution in [2.45, 2.75) is 51.6 Å². The zero-order valence-corrected chi connectivity index (χ0v) is 12.5. The van der Waals surface area contributed by atoms with Gasteiger partial charge in [0, 0.05) is 12.6 Å². The van der Waals surface area contributed by atoms with Crippen LogP contribution in [0, 0.1) is 5.82 Å². The van der Waals surface area contributed by atoms with Crippen LogP contribution in [0.15, 0.2) is 23.2 Å². The standard InChI is InChI=1S/C16H24FN3O/c1-2-18-16(20-13-6-4-3-5-7-13)19-11-12-8-9-15(21)14(17)10-12/h8-10,13,21H,2-7,11H2,1H3,(H2,18,19,20).